The Balaban J connectivity index is 1.66. The summed E-state index contributed by atoms with van der Waals surface area (Å²) in [5.74, 6) is -1.33. The smallest absolute Gasteiger partial charge is 0.312 e. The molecule has 0 N–H and O–H groups in total. The number of amides is 1. The zero-order valence-electron chi connectivity index (χ0n) is 13.3. The summed E-state index contributed by atoms with van der Waals surface area (Å²) in [6.07, 6.45) is 4.48. The Morgan fingerprint density at radius 1 is 1.55 bits per heavy atom. The molecule has 1 amide bonds. The van der Waals surface area contributed by atoms with E-state index in [9.17, 15) is 9.59 Å². The van der Waals surface area contributed by atoms with Gasteiger partial charge in [0.05, 0.1) is 31.8 Å². The van der Waals surface area contributed by atoms with Crippen molar-refractivity contribution >= 4 is 11.9 Å². The third-order valence-corrected chi connectivity index (χ3v) is 4.68. The van der Waals surface area contributed by atoms with E-state index in [4.69, 9.17) is 14.2 Å². The van der Waals surface area contributed by atoms with Crippen molar-refractivity contribution in [2.24, 2.45) is 11.8 Å². The Labute approximate surface area is 130 Å². The van der Waals surface area contributed by atoms with E-state index in [0.29, 0.717) is 19.7 Å². The van der Waals surface area contributed by atoms with Gasteiger partial charge < -0.3 is 19.1 Å². The maximum atomic E-state index is 12.7. The molecule has 6 heteroatoms. The van der Waals surface area contributed by atoms with E-state index >= 15 is 0 Å². The molecule has 122 valence electrons. The van der Waals surface area contributed by atoms with Gasteiger partial charge >= 0.3 is 5.97 Å². The molecule has 3 aliphatic rings. The minimum atomic E-state index is -0.639. The summed E-state index contributed by atoms with van der Waals surface area (Å²) in [5.41, 5.74) is -0.639. The van der Waals surface area contributed by atoms with Gasteiger partial charge in [-0.2, -0.15) is 0 Å². The van der Waals surface area contributed by atoms with E-state index in [1.807, 2.05) is 26.0 Å². The van der Waals surface area contributed by atoms with Crippen LogP contribution in [0.25, 0.3) is 0 Å². The minimum absolute atomic E-state index is 0.00760. The van der Waals surface area contributed by atoms with E-state index in [1.165, 1.54) is 7.11 Å². The summed E-state index contributed by atoms with van der Waals surface area (Å²) in [7, 11) is 1.35. The Kier molecular flexibility index (Phi) is 3.99. The second kappa shape index (κ2) is 5.66. The molecule has 0 aromatic rings. The van der Waals surface area contributed by atoms with Crippen LogP contribution in [0.1, 0.15) is 20.3 Å². The van der Waals surface area contributed by atoms with Crippen LogP contribution in [0, 0.1) is 11.8 Å². The molecule has 0 aliphatic carbocycles. The Hall–Kier alpha value is -1.40. The van der Waals surface area contributed by atoms with Crippen LogP contribution in [-0.2, 0) is 23.8 Å². The van der Waals surface area contributed by atoms with Gasteiger partial charge in [-0.05, 0) is 20.3 Å². The summed E-state index contributed by atoms with van der Waals surface area (Å²) in [4.78, 5) is 26.5. The van der Waals surface area contributed by atoms with Gasteiger partial charge in [0, 0.05) is 13.2 Å². The minimum Gasteiger partial charge on any atom is -0.469 e. The molecule has 2 fully saturated rings. The molecule has 2 saturated heterocycles. The number of hydrogen-bond donors (Lipinski definition) is 0. The van der Waals surface area contributed by atoms with Crippen LogP contribution in [0.4, 0.5) is 0 Å². The van der Waals surface area contributed by atoms with E-state index in [0.717, 1.165) is 6.42 Å². The van der Waals surface area contributed by atoms with Crippen molar-refractivity contribution in [1.82, 2.24) is 4.90 Å². The third-order valence-electron chi connectivity index (χ3n) is 4.68. The molecule has 22 heavy (non-hydrogen) atoms. The van der Waals surface area contributed by atoms with Gasteiger partial charge in [-0.25, -0.2) is 0 Å². The zero-order chi connectivity index (χ0) is 15.9. The van der Waals surface area contributed by atoms with Gasteiger partial charge in [0.2, 0.25) is 5.91 Å². The molecule has 0 aromatic carbocycles. The predicted molar refractivity (Wildman–Crippen MR) is 78.0 cm³/mol. The molecule has 3 heterocycles. The SMILES string of the molecule is COC(=O)[C@H]1[C@@H]2C=C[C@@]3(CN(CCCOC(C)C)C(=O)[C@@H]13)O2. The van der Waals surface area contributed by atoms with Crippen molar-refractivity contribution in [1.29, 1.82) is 0 Å². The number of rotatable bonds is 6. The lowest BCUT2D eigenvalue weighted by Crippen LogP contribution is -2.39. The standard InChI is InChI=1S/C16H23NO5/c1-10(2)21-8-4-7-17-9-16-6-5-11(22-16)12(15(19)20-3)13(16)14(17)18/h5-6,10-13H,4,7-9H2,1-3H3/t11-,12-,13+,16-/m0/s1. The lowest BCUT2D eigenvalue weighted by atomic mass is 9.77. The summed E-state index contributed by atoms with van der Waals surface area (Å²) in [6, 6.07) is 0. The summed E-state index contributed by atoms with van der Waals surface area (Å²) in [6.45, 7) is 5.74. The number of hydrogen-bond acceptors (Lipinski definition) is 5. The van der Waals surface area contributed by atoms with E-state index < -0.39 is 17.4 Å². The largest absolute Gasteiger partial charge is 0.469 e. The number of methoxy groups -OCH3 is 1. The number of fused-ring (bicyclic) bond motifs is 1. The van der Waals surface area contributed by atoms with Crippen LogP contribution in [0.3, 0.4) is 0 Å². The maximum Gasteiger partial charge on any atom is 0.312 e. The lowest BCUT2D eigenvalue weighted by molar-refractivity contribution is -0.151. The van der Waals surface area contributed by atoms with Crippen molar-refractivity contribution in [2.75, 3.05) is 26.8 Å². The number of likely N-dealkylation sites (tertiary alicyclic amines) is 1. The Morgan fingerprint density at radius 2 is 2.32 bits per heavy atom. The normalized spacial score (nSPS) is 35.5. The monoisotopic (exact) mass is 309 g/mol. The summed E-state index contributed by atoms with van der Waals surface area (Å²) in [5, 5.41) is 0. The number of esters is 1. The van der Waals surface area contributed by atoms with Gasteiger partial charge in [-0.1, -0.05) is 12.2 Å². The maximum absolute atomic E-state index is 12.7. The first-order valence-electron chi connectivity index (χ1n) is 7.84. The highest BCUT2D eigenvalue weighted by atomic mass is 16.5. The van der Waals surface area contributed by atoms with Crippen molar-refractivity contribution < 1.29 is 23.8 Å². The highest BCUT2D eigenvalue weighted by molar-refractivity contribution is 5.91. The van der Waals surface area contributed by atoms with Gasteiger partial charge in [0.1, 0.15) is 11.5 Å². The van der Waals surface area contributed by atoms with E-state index in [1.54, 1.807) is 4.90 Å². The average Bonchev–Trinajstić information content (AvgIpc) is 3.11. The number of nitrogens with zero attached hydrogens (tertiary/aromatic N) is 1. The fourth-order valence-corrected chi connectivity index (χ4v) is 3.75. The Bertz CT molecular complexity index is 503. The molecule has 0 saturated carbocycles. The van der Waals surface area contributed by atoms with Gasteiger partial charge in [0.25, 0.3) is 0 Å². The first kappa shape index (κ1) is 15.5. The molecule has 0 unspecified atom stereocenters. The molecule has 2 bridgehead atoms. The second-order valence-corrected chi connectivity index (χ2v) is 6.46. The topological polar surface area (TPSA) is 65.1 Å². The van der Waals surface area contributed by atoms with E-state index in [2.05, 4.69) is 0 Å². The van der Waals surface area contributed by atoms with Crippen LogP contribution in [0.15, 0.2) is 12.2 Å². The quantitative estimate of drug-likeness (QED) is 0.412. The molecular formula is C16H23NO5. The molecule has 3 rings (SSSR count). The summed E-state index contributed by atoms with van der Waals surface area (Å²) < 4.78 is 16.3. The summed E-state index contributed by atoms with van der Waals surface area (Å²) >= 11 is 0. The Morgan fingerprint density at radius 3 is 3.00 bits per heavy atom. The predicted octanol–water partition coefficient (Wildman–Crippen LogP) is 0.756. The van der Waals surface area contributed by atoms with Crippen molar-refractivity contribution in [2.45, 2.75) is 38.1 Å². The molecule has 3 aliphatic heterocycles. The highest BCUT2D eigenvalue weighted by Crippen LogP contribution is 2.52. The third kappa shape index (κ3) is 2.34. The van der Waals surface area contributed by atoms with Crippen molar-refractivity contribution in [3.05, 3.63) is 12.2 Å². The van der Waals surface area contributed by atoms with Crippen molar-refractivity contribution in [3.8, 4) is 0 Å². The van der Waals surface area contributed by atoms with Crippen LogP contribution >= 0.6 is 0 Å². The van der Waals surface area contributed by atoms with Crippen LogP contribution in [0.2, 0.25) is 0 Å². The van der Waals surface area contributed by atoms with Crippen LogP contribution in [-0.4, -0.2) is 61.4 Å². The molecule has 0 aromatic heterocycles. The second-order valence-electron chi connectivity index (χ2n) is 6.46. The van der Waals surface area contributed by atoms with Gasteiger partial charge in [-0.3, -0.25) is 9.59 Å². The highest BCUT2D eigenvalue weighted by Gasteiger charge is 2.67. The van der Waals surface area contributed by atoms with E-state index in [-0.39, 0.29) is 24.1 Å². The van der Waals surface area contributed by atoms with Gasteiger partial charge in [-0.15, -0.1) is 0 Å². The molecule has 4 atom stereocenters. The first-order chi connectivity index (χ1) is 10.5. The number of ether oxygens (including phenoxy) is 3. The molecular weight excluding hydrogens is 286 g/mol. The molecule has 0 radical (unpaired) electrons. The molecule has 6 nitrogen and oxygen atoms in total. The van der Waals surface area contributed by atoms with Gasteiger partial charge in [0.15, 0.2) is 0 Å². The number of carbonyl (C=O) groups is 2. The lowest BCUT2D eigenvalue weighted by Gasteiger charge is -2.22. The van der Waals surface area contributed by atoms with Crippen LogP contribution < -0.4 is 0 Å². The van der Waals surface area contributed by atoms with Crippen LogP contribution in [0.5, 0.6) is 0 Å². The fourth-order valence-electron chi connectivity index (χ4n) is 3.75. The first-order valence-corrected chi connectivity index (χ1v) is 7.84. The zero-order valence-corrected chi connectivity index (χ0v) is 13.3. The van der Waals surface area contributed by atoms with Crippen molar-refractivity contribution in [3.63, 3.8) is 0 Å². The fraction of sp³-hybridized carbons (Fsp3) is 0.750. The molecule has 1 spiro atoms. The number of carbonyl (C=O) groups excluding carboxylic acids is 2. The average molecular weight is 309 g/mol.